The van der Waals surface area contributed by atoms with E-state index in [0.29, 0.717) is 5.92 Å². The highest BCUT2D eigenvalue weighted by atomic mass is 15.4. The lowest BCUT2D eigenvalue weighted by molar-refractivity contribution is -0.952. The number of nitrogens with zero attached hydrogens (tertiary/aromatic N) is 2. The highest BCUT2D eigenvalue weighted by Gasteiger charge is 2.23. The number of benzene rings is 1. The van der Waals surface area contributed by atoms with Crippen LogP contribution in [-0.4, -0.2) is 56.8 Å². The van der Waals surface area contributed by atoms with Crippen molar-refractivity contribution in [1.82, 2.24) is 0 Å². The molecule has 2 heteroatoms. The fourth-order valence-electron chi connectivity index (χ4n) is 4.44. The van der Waals surface area contributed by atoms with Crippen molar-refractivity contribution in [3.05, 3.63) is 35.4 Å². The van der Waals surface area contributed by atoms with Crippen molar-refractivity contribution >= 4 is 0 Å². The molecule has 1 aromatic rings. The van der Waals surface area contributed by atoms with Crippen LogP contribution in [0.2, 0.25) is 0 Å². The van der Waals surface area contributed by atoms with Crippen LogP contribution in [0.3, 0.4) is 0 Å². The molecule has 0 heterocycles. The van der Waals surface area contributed by atoms with Crippen LogP contribution in [-0.2, 0) is 6.54 Å². The summed E-state index contributed by atoms with van der Waals surface area (Å²) in [6, 6.07) is 9.39. The summed E-state index contributed by atoms with van der Waals surface area (Å²) < 4.78 is 2.23. The molecule has 0 amide bonds. The van der Waals surface area contributed by atoms with Crippen molar-refractivity contribution in [2.75, 3.05) is 47.8 Å². The van der Waals surface area contributed by atoms with E-state index in [0.717, 1.165) is 15.5 Å². The van der Waals surface area contributed by atoms with Gasteiger partial charge in [0.05, 0.1) is 34.7 Å². The Balaban J connectivity index is 2.23. The van der Waals surface area contributed by atoms with Crippen LogP contribution >= 0.6 is 0 Å². The molecule has 0 saturated heterocycles. The zero-order chi connectivity index (χ0) is 23.2. The van der Waals surface area contributed by atoms with Crippen LogP contribution in [0.25, 0.3) is 0 Å². The normalized spacial score (nSPS) is 13.5. The molecule has 2 nitrogen and oxygen atoms in total. The Morgan fingerprint density at radius 1 is 0.613 bits per heavy atom. The van der Waals surface area contributed by atoms with Crippen molar-refractivity contribution < 1.29 is 8.97 Å². The maximum atomic E-state index is 2.43. The summed E-state index contributed by atoms with van der Waals surface area (Å²) in [7, 11) is 9.63. The molecule has 1 aromatic carbocycles. The van der Waals surface area contributed by atoms with Crippen molar-refractivity contribution in [1.29, 1.82) is 0 Å². The summed E-state index contributed by atoms with van der Waals surface area (Å²) >= 11 is 0. The van der Waals surface area contributed by atoms with Gasteiger partial charge in [0, 0.05) is 5.56 Å². The van der Waals surface area contributed by atoms with Gasteiger partial charge in [-0.3, -0.25) is 0 Å². The topological polar surface area (TPSA) is 0 Å². The van der Waals surface area contributed by atoms with Crippen LogP contribution in [0.1, 0.15) is 108 Å². The lowest BCUT2D eigenvalue weighted by Gasteiger charge is -2.36. The SMILES string of the molecule is CCCCCCCCCCCC[N+](C)(C)CC[N+](C)(C)Cc1ccc(C(C)CC)cc1. The molecule has 1 rings (SSSR count). The Morgan fingerprint density at radius 3 is 1.61 bits per heavy atom. The van der Waals surface area contributed by atoms with Crippen LogP contribution in [0.15, 0.2) is 24.3 Å². The van der Waals surface area contributed by atoms with Gasteiger partial charge in [0.1, 0.15) is 19.6 Å². The number of hydrogen-bond acceptors (Lipinski definition) is 0. The van der Waals surface area contributed by atoms with Gasteiger partial charge in [-0.05, 0) is 30.7 Å². The first-order valence-electron chi connectivity index (χ1n) is 13.4. The van der Waals surface area contributed by atoms with Gasteiger partial charge in [-0.1, -0.05) is 96.4 Å². The number of hydrogen-bond donors (Lipinski definition) is 0. The molecule has 1 atom stereocenters. The third kappa shape index (κ3) is 13.3. The molecule has 0 spiro atoms. The van der Waals surface area contributed by atoms with Crippen LogP contribution in [0, 0.1) is 0 Å². The predicted molar refractivity (Wildman–Crippen MR) is 140 cm³/mol. The zero-order valence-electron chi connectivity index (χ0n) is 22.4. The molecule has 0 aliphatic carbocycles. The van der Waals surface area contributed by atoms with E-state index in [1.165, 1.54) is 101 Å². The average Bonchev–Trinajstić information content (AvgIpc) is 2.73. The largest absolute Gasteiger partial charge is 0.324 e. The monoisotopic (exact) mass is 432 g/mol. The zero-order valence-corrected chi connectivity index (χ0v) is 22.4. The molecule has 180 valence electrons. The lowest BCUT2D eigenvalue weighted by Crippen LogP contribution is -2.50. The maximum Gasteiger partial charge on any atom is 0.128 e. The Hall–Kier alpha value is -0.860. The predicted octanol–water partition coefficient (Wildman–Crippen LogP) is 7.77. The van der Waals surface area contributed by atoms with Gasteiger partial charge in [0.15, 0.2) is 0 Å². The first-order chi connectivity index (χ1) is 14.7. The van der Waals surface area contributed by atoms with E-state index in [2.05, 4.69) is 73.2 Å². The maximum absolute atomic E-state index is 2.43. The van der Waals surface area contributed by atoms with Crippen molar-refractivity contribution in [2.24, 2.45) is 0 Å². The summed E-state index contributed by atoms with van der Waals surface area (Å²) in [6.07, 6.45) is 15.5. The molecule has 0 fully saturated rings. The molecule has 0 radical (unpaired) electrons. The summed E-state index contributed by atoms with van der Waals surface area (Å²) in [5, 5.41) is 0. The average molecular weight is 433 g/mol. The number of quaternary nitrogens is 2. The van der Waals surface area contributed by atoms with Gasteiger partial charge < -0.3 is 8.97 Å². The fourth-order valence-corrected chi connectivity index (χ4v) is 4.44. The van der Waals surface area contributed by atoms with Crippen LogP contribution in [0.4, 0.5) is 0 Å². The van der Waals surface area contributed by atoms with E-state index in [-0.39, 0.29) is 0 Å². The van der Waals surface area contributed by atoms with Gasteiger partial charge in [0.25, 0.3) is 0 Å². The summed E-state index contributed by atoms with van der Waals surface area (Å²) in [5.41, 5.74) is 2.95. The Morgan fingerprint density at radius 2 is 1.10 bits per heavy atom. The van der Waals surface area contributed by atoms with Crippen LogP contribution < -0.4 is 0 Å². The van der Waals surface area contributed by atoms with Crippen molar-refractivity contribution in [3.63, 3.8) is 0 Å². The minimum atomic E-state index is 0.667. The molecule has 0 aromatic heterocycles. The van der Waals surface area contributed by atoms with E-state index in [1.54, 1.807) is 0 Å². The third-order valence-corrected chi connectivity index (χ3v) is 7.20. The third-order valence-electron chi connectivity index (χ3n) is 7.20. The van der Waals surface area contributed by atoms with Gasteiger partial charge in [0.2, 0.25) is 0 Å². The quantitative estimate of drug-likeness (QED) is 0.164. The molecule has 0 aliphatic heterocycles. The second-order valence-corrected chi connectivity index (χ2v) is 11.4. The van der Waals surface area contributed by atoms with Crippen molar-refractivity contribution in [2.45, 2.75) is 104 Å². The first-order valence-corrected chi connectivity index (χ1v) is 13.4. The second kappa shape index (κ2) is 15.1. The number of unbranched alkanes of at least 4 members (excludes halogenated alkanes) is 9. The van der Waals surface area contributed by atoms with E-state index in [4.69, 9.17) is 0 Å². The number of rotatable bonds is 18. The Labute approximate surface area is 196 Å². The van der Waals surface area contributed by atoms with Gasteiger partial charge in [-0.2, -0.15) is 0 Å². The smallest absolute Gasteiger partial charge is 0.128 e. The Bertz CT molecular complexity index is 559. The summed E-state index contributed by atoms with van der Waals surface area (Å²) in [4.78, 5) is 0. The first kappa shape index (κ1) is 28.2. The van der Waals surface area contributed by atoms with Crippen LogP contribution in [0.5, 0.6) is 0 Å². The van der Waals surface area contributed by atoms with Gasteiger partial charge in [-0.15, -0.1) is 0 Å². The highest BCUT2D eigenvalue weighted by Crippen LogP contribution is 2.20. The summed E-state index contributed by atoms with van der Waals surface area (Å²) in [5.74, 6) is 0.667. The van der Waals surface area contributed by atoms with Crippen molar-refractivity contribution in [3.8, 4) is 0 Å². The van der Waals surface area contributed by atoms with E-state index >= 15 is 0 Å². The van der Waals surface area contributed by atoms with E-state index in [1.807, 2.05) is 0 Å². The number of likely N-dealkylation sites (N-methyl/N-ethyl adjacent to an activating group) is 2. The minimum absolute atomic E-state index is 0.667. The fraction of sp³-hybridized carbons (Fsp3) is 0.793. The van der Waals surface area contributed by atoms with E-state index in [9.17, 15) is 0 Å². The molecule has 0 saturated carbocycles. The van der Waals surface area contributed by atoms with Gasteiger partial charge in [-0.25, -0.2) is 0 Å². The molecular formula is C29H56N2+2. The minimum Gasteiger partial charge on any atom is -0.324 e. The van der Waals surface area contributed by atoms with E-state index < -0.39 is 0 Å². The summed E-state index contributed by atoms with van der Waals surface area (Å²) in [6.45, 7) is 11.8. The molecule has 0 N–H and O–H groups in total. The Kier molecular flexibility index (Phi) is 13.7. The highest BCUT2D eigenvalue weighted by molar-refractivity contribution is 5.24. The second-order valence-electron chi connectivity index (χ2n) is 11.4. The molecule has 31 heavy (non-hydrogen) atoms. The molecule has 0 bridgehead atoms. The molecule has 1 unspecified atom stereocenters. The lowest BCUT2D eigenvalue weighted by atomic mass is 9.97. The standard InChI is InChI=1S/C29H56N2/c1-8-10-11-12-13-14-15-16-17-18-23-30(4,5)24-25-31(6,7)26-28-19-21-29(22-20-28)27(3)9-2/h19-22,27H,8-18,23-26H2,1-7H3/q+2. The molecule has 0 aliphatic rings. The van der Waals surface area contributed by atoms with Gasteiger partial charge >= 0.3 is 0 Å². The molecular weight excluding hydrogens is 376 g/mol.